The molecule has 0 spiro atoms. The summed E-state index contributed by atoms with van der Waals surface area (Å²) >= 11 is 3.28. The van der Waals surface area contributed by atoms with Crippen LogP contribution in [0.5, 0.6) is 0 Å². The maximum absolute atomic E-state index is 12.6. The molecule has 1 amide bonds. The summed E-state index contributed by atoms with van der Waals surface area (Å²) in [6.07, 6.45) is 2.14. The Hall–Kier alpha value is -1.84. The topological polar surface area (TPSA) is 54.1 Å². The van der Waals surface area contributed by atoms with Gasteiger partial charge in [0.05, 0.1) is 4.48 Å². The number of amides is 1. The van der Waals surface area contributed by atoms with Gasteiger partial charge in [0.25, 0.3) is 0 Å². The van der Waals surface area contributed by atoms with Gasteiger partial charge in [0.15, 0.2) is 19.4 Å². The molecule has 1 aliphatic carbocycles. The molecule has 0 radical (unpaired) electrons. The number of ether oxygens (including phenoxy) is 2. The summed E-state index contributed by atoms with van der Waals surface area (Å²) in [4.78, 5) is 13.9. The molecule has 166 valence electrons. The van der Waals surface area contributed by atoms with Gasteiger partial charge in [0.2, 0.25) is 0 Å². The smallest absolute Gasteiger partial charge is 0.422 e. The van der Waals surface area contributed by atoms with Crippen LogP contribution in [0.4, 0.5) is 18.0 Å². The number of piperidine rings is 1. The lowest BCUT2D eigenvalue weighted by Gasteiger charge is -2.32. The number of allylic oxidation sites excluding steroid dienone is 4. The van der Waals surface area contributed by atoms with Crippen molar-refractivity contribution < 1.29 is 32.1 Å². The quantitative estimate of drug-likeness (QED) is 0.544. The zero-order valence-corrected chi connectivity index (χ0v) is 18.8. The Bertz CT molecular complexity index is 804. The second-order valence-corrected chi connectivity index (χ2v) is 9.49. The Balaban J connectivity index is 1.57. The van der Waals surface area contributed by atoms with Gasteiger partial charge >= 0.3 is 12.3 Å². The average molecular weight is 493 g/mol. The maximum Gasteiger partial charge on any atom is 0.422 e. The molecule has 0 aromatic heterocycles. The normalized spacial score (nSPS) is 22.6. The molecule has 3 aliphatic rings. The maximum atomic E-state index is 12.6. The molecule has 0 aromatic rings. The second kappa shape index (κ2) is 8.72. The highest BCUT2D eigenvalue weighted by atomic mass is 79.9. The lowest BCUT2D eigenvalue weighted by Crippen LogP contribution is -2.42. The molecule has 2 heterocycles. The Kier molecular flexibility index (Phi) is 6.64. The number of hydrogen-bond acceptors (Lipinski definition) is 4. The van der Waals surface area contributed by atoms with Crippen molar-refractivity contribution in [3.63, 3.8) is 0 Å². The van der Waals surface area contributed by atoms with Gasteiger partial charge in [-0.2, -0.15) is 13.2 Å². The highest BCUT2D eigenvalue weighted by Gasteiger charge is 2.38. The lowest BCUT2D eigenvalue weighted by molar-refractivity contribution is -0.534. The van der Waals surface area contributed by atoms with E-state index in [1.54, 1.807) is 28.0 Å². The minimum Gasteiger partial charge on any atom is -0.486 e. The van der Waals surface area contributed by atoms with E-state index < -0.39 is 24.3 Å². The highest BCUT2D eigenvalue weighted by molar-refractivity contribution is 9.11. The summed E-state index contributed by atoms with van der Waals surface area (Å²) in [5.41, 5.74) is 0.132. The number of nitrogens with zero attached hydrogens (tertiary/aromatic N) is 3. The zero-order valence-electron chi connectivity index (χ0n) is 17.2. The van der Waals surface area contributed by atoms with Gasteiger partial charge in [-0.05, 0) is 66.8 Å². The van der Waals surface area contributed by atoms with Gasteiger partial charge in [0, 0.05) is 19.0 Å². The summed E-state index contributed by atoms with van der Waals surface area (Å²) in [5.74, 6) is 0.102. The van der Waals surface area contributed by atoms with Gasteiger partial charge in [0.1, 0.15) is 23.0 Å². The molecule has 10 heteroatoms. The first-order valence-electron chi connectivity index (χ1n) is 9.86. The Morgan fingerprint density at radius 1 is 1.27 bits per heavy atom. The van der Waals surface area contributed by atoms with Gasteiger partial charge in [-0.1, -0.05) is 4.68 Å². The van der Waals surface area contributed by atoms with Crippen LogP contribution in [0.15, 0.2) is 27.5 Å². The van der Waals surface area contributed by atoms with Crippen LogP contribution in [0.3, 0.4) is 0 Å². The molecule has 0 N–H and O–H groups in total. The van der Waals surface area contributed by atoms with Crippen molar-refractivity contribution in [1.82, 2.24) is 4.90 Å². The van der Waals surface area contributed by atoms with Gasteiger partial charge in [-0.3, -0.25) is 0 Å². The summed E-state index contributed by atoms with van der Waals surface area (Å²) in [6.45, 7) is 6.04. The number of rotatable bonds is 4. The highest BCUT2D eigenvalue weighted by Crippen LogP contribution is 2.32. The van der Waals surface area contributed by atoms with Crippen LogP contribution in [0.2, 0.25) is 0 Å². The van der Waals surface area contributed by atoms with E-state index in [9.17, 15) is 18.0 Å². The molecule has 1 unspecified atom stereocenters. The molecular formula is C20H26BrF3N3O3+. The van der Waals surface area contributed by atoms with Crippen molar-refractivity contribution in [3.8, 4) is 0 Å². The van der Waals surface area contributed by atoms with Crippen LogP contribution in [-0.4, -0.2) is 65.6 Å². The van der Waals surface area contributed by atoms with Crippen molar-refractivity contribution in [2.24, 2.45) is 16.9 Å². The van der Waals surface area contributed by atoms with Crippen LogP contribution < -0.4 is 0 Å². The van der Waals surface area contributed by atoms with E-state index in [0.717, 1.165) is 12.8 Å². The zero-order chi connectivity index (χ0) is 22.1. The molecule has 2 aliphatic heterocycles. The molecule has 0 bridgehead atoms. The predicted molar refractivity (Wildman–Crippen MR) is 110 cm³/mol. The van der Waals surface area contributed by atoms with Crippen molar-refractivity contribution in [2.45, 2.75) is 45.4 Å². The summed E-state index contributed by atoms with van der Waals surface area (Å²) < 4.78 is 50.5. The van der Waals surface area contributed by atoms with Crippen molar-refractivity contribution in [2.75, 3.05) is 26.2 Å². The van der Waals surface area contributed by atoms with Crippen molar-refractivity contribution in [3.05, 3.63) is 22.4 Å². The first-order chi connectivity index (χ1) is 13.9. The molecule has 0 aromatic carbocycles. The number of hydrazone groups is 1. The van der Waals surface area contributed by atoms with Gasteiger partial charge in [-0.15, -0.1) is 0 Å². The van der Waals surface area contributed by atoms with E-state index in [-0.39, 0.29) is 11.9 Å². The standard InChI is InChI=1S/C20H26BrF3N3O3/c1-19(2,3)30-18(28)26-8-6-13(7-9-26)10-27-11-14-16(25-27)5-4-15(21)17(14)29-12-20(22,23)24/h4-5,11,13-14H,6-10,12H2,1-3H3/q+1. The molecule has 30 heavy (non-hydrogen) atoms. The fourth-order valence-electron chi connectivity index (χ4n) is 3.53. The monoisotopic (exact) mass is 492 g/mol. The molecule has 1 atom stereocenters. The van der Waals surface area contributed by atoms with E-state index in [1.807, 2.05) is 20.8 Å². The van der Waals surface area contributed by atoms with Crippen LogP contribution in [0.25, 0.3) is 0 Å². The predicted octanol–water partition coefficient (Wildman–Crippen LogP) is 4.46. The molecule has 6 nitrogen and oxygen atoms in total. The number of carbonyl (C=O) groups excluding carboxylic acids is 1. The summed E-state index contributed by atoms with van der Waals surface area (Å²) in [7, 11) is 0. The van der Waals surface area contributed by atoms with Crippen LogP contribution in [0.1, 0.15) is 33.6 Å². The van der Waals surface area contributed by atoms with E-state index in [4.69, 9.17) is 9.47 Å². The van der Waals surface area contributed by atoms with E-state index in [2.05, 4.69) is 21.0 Å². The molecular weight excluding hydrogens is 467 g/mol. The fraction of sp³-hybridized carbons (Fsp3) is 0.650. The molecule has 1 fully saturated rings. The fourth-order valence-corrected chi connectivity index (χ4v) is 4.02. The number of carbonyl (C=O) groups is 1. The largest absolute Gasteiger partial charge is 0.486 e. The first-order valence-corrected chi connectivity index (χ1v) is 10.7. The van der Waals surface area contributed by atoms with E-state index >= 15 is 0 Å². The van der Waals surface area contributed by atoms with E-state index in [1.165, 1.54) is 0 Å². The molecule has 1 saturated heterocycles. The van der Waals surface area contributed by atoms with Gasteiger partial charge < -0.3 is 14.4 Å². The van der Waals surface area contributed by atoms with Crippen LogP contribution in [0, 0.1) is 11.8 Å². The van der Waals surface area contributed by atoms with Gasteiger partial charge in [-0.25, -0.2) is 4.79 Å². The molecule has 3 rings (SSSR count). The third-order valence-electron chi connectivity index (χ3n) is 4.90. The number of halogens is 4. The summed E-state index contributed by atoms with van der Waals surface area (Å²) in [6, 6.07) is 0. The lowest BCUT2D eigenvalue weighted by atomic mass is 9.96. The molecule has 0 saturated carbocycles. The number of hydrogen-bond donors (Lipinski definition) is 0. The minimum atomic E-state index is -4.40. The number of alkyl halides is 3. The Morgan fingerprint density at radius 3 is 2.53 bits per heavy atom. The SMILES string of the molecule is CC(C)(C)OC(=O)N1CCC(C[N+]2=CC3C(=N2)C=CC(Br)=C3OCC(F)(F)F)CC1. The third-order valence-corrected chi connectivity index (χ3v) is 5.56. The van der Waals surface area contributed by atoms with Crippen molar-refractivity contribution >= 4 is 33.9 Å². The first kappa shape index (κ1) is 22.8. The van der Waals surface area contributed by atoms with Crippen LogP contribution in [-0.2, 0) is 9.47 Å². The van der Waals surface area contributed by atoms with Crippen molar-refractivity contribution in [1.29, 1.82) is 0 Å². The summed E-state index contributed by atoms with van der Waals surface area (Å²) in [5, 5.41) is 4.52. The minimum absolute atomic E-state index is 0.218. The second-order valence-electron chi connectivity index (χ2n) is 8.63. The van der Waals surface area contributed by atoms with E-state index in [0.29, 0.717) is 35.7 Å². The van der Waals surface area contributed by atoms with Crippen LogP contribution >= 0.6 is 15.9 Å². The third kappa shape index (κ3) is 6.09. The Labute approximate surface area is 182 Å². The average Bonchev–Trinajstić information content (AvgIpc) is 3.01. The number of fused-ring (bicyclic) bond motifs is 1. The Morgan fingerprint density at radius 2 is 1.93 bits per heavy atom. The number of likely N-dealkylation sites (tertiary alicyclic amines) is 1.